The molecule has 1 N–H and O–H groups in total. The molecule has 2 amide bonds. The highest BCUT2D eigenvalue weighted by atomic mass is 32.2. The first-order valence-electron chi connectivity index (χ1n) is 14.3. The predicted octanol–water partition coefficient (Wildman–Crippen LogP) is 7.08. The number of alkyl halides is 5. The second-order valence-electron chi connectivity index (χ2n) is 12.1. The van der Waals surface area contributed by atoms with Gasteiger partial charge in [-0.3, -0.25) is 9.48 Å². The van der Waals surface area contributed by atoms with Gasteiger partial charge in [-0.2, -0.15) is 18.3 Å². The van der Waals surface area contributed by atoms with Gasteiger partial charge in [0.25, 0.3) is 5.91 Å². The Bertz CT molecular complexity index is 1770. The van der Waals surface area contributed by atoms with E-state index in [2.05, 4.69) is 19.8 Å². The highest BCUT2D eigenvalue weighted by molar-refractivity contribution is 7.93. The Morgan fingerprint density at radius 1 is 1.13 bits per heavy atom. The molecule has 3 heterocycles. The summed E-state index contributed by atoms with van der Waals surface area (Å²) in [5, 5.41) is 6.59. The normalized spacial score (nSPS) is 16.7. The van der Waals surface area contributed by atoms with E-state index in [4.69, 9.17) is 4.74 Å². The molecule has 0 aliphatic carbocycles. The Morgan fingerprint density at radius 3 is 2.43 bits per heavy atom. The molecule has 1 aliphatic rings. The molecule has 1 fully saturated rings. The Kier molecular flexibility index (Phi) is 9.53. The maximum absolute atomic E-state index is 14.5. The topological polar surface area (TPSA) is 119 Å². The van der Waals surface area contributed by atoms with E-state index in [1.54, 1.807) is 20.8 Å². The van der Waals surface area contributed by atoms with Crippen LogP contribution >= 0.6 is 0 Å². The third-order valence-corrected chi connectivity index (χ3v) is 8.73. The van der Waals surface area contributed by atoms with E-state index in [1.807, 2.05) is 0 Å². The molecule has 2 aromatic heterocycles. The van der Waals surface area contributed by atoms with Crippen molar-refractivity contribution in [1.82, 2.24) is 14.8 Å². The number of ether oxygens (including phenoxy) is 1. The number of benzene rings is 1. The second kappa shape index (κ2) is 12.6. The van der Waals surface area contributed by atoms with Crippen molar-refractivity contribution < 1.29 is 40.5 Å². The van der Waals surface area contributed by atoms with Gasteiger partial charge in [-0.05, 0) is 57.9 Å². The molecule has 3 aromatic rings. The van der Waals surface area contributed by atoms with Gasteiger partial charge in [0.05, 0.1) is 21.5 Å². The van der Waals surface area contributed by atoms with Gasteiger partial charge in [0.15, 0.2) is 5.69 Å². The van der Waals surface area contributed by atoms with Crippen molar-refractivity contribution in [3.8, 4) is 11.1 Å². The predicted molar refractivity (Wildman–Crippen MR) is 163 cm³/mol. The van der Waals surface area contributed by atoms with Crippen molar-refractivity contribution in [2.45, 2.75) is 69.6 Å². The van der Waals surface area contributed by atoms with Gasteiger partial charge in [0, 0.05) is 67.1 Å². The maximum atomic E-state index is 14.5. The molecule has 0 unspecified atom stereocenters. The number of nitrogens with one attached hydrogen (secondary N) is 1. The standard InChI is InChI=1S/C30H35F5N6O4S/c1-18-22(19-16-36-40(5)17-19)24(30(33,34)35)38-25(41-13-8-11-29(31,32)12-14-41)23(18)26(42)37-20-9-7-10-21(15-20)46(6,44)39-27(43)45-28(2,3)4/h7,9-10,15-17H,8,11-14H2,1-6H3,(H,37,42)/t46-/m1/s1. The summed E-state index contributed by atoms with van der Waals surface area (Å²) in [6.07, 6.45) is -3.34. The number of nitrogens with zero attached hydrogens (tertiary/aromatic N) is 5. The van der Waals surface area contributed by atoms with Gasteiger partial charge >= 0.3 is 12.3 Å². The molecule has 1 atom stereocenters. The minimum Gasteiger partial charge on any atom is -0.442 e. The van der Waals surface area contributed by atoms with Crippen LogP contribution in [0.3, 0.4) is 0 Å². The Balaban J connectivity index is 1.83. The van der Waals surface area contributed by atoms with E-state index in [9.17, 15) is 35.8 Å². The molecule has 1 aliphatic heterocycles. The van der Waals surface area contributed by atoms with Crippen LogP contribution in [0, 0.1) is 6.92 Å². The molecular formula is C30H35F5N6O4S. The van der Waals surface area contributed by atoms with E-state index >= 15 is 0 Å². The van der Waals surface area contributed by atoms with Crippen LogP contribution < -0.4 is 10.2 Å². The van der Waals surface area contributed by atoms with E-state index in [-0.39, 0.29) is 58.2 Å². The number of rotatable bonds is 5. The Hall–Kier alpha value is -4.08. The first-order chi connectivity index (χ1) is 21.2. The number of amides is 2. The summed E-state index contributed by atoms with van der Waals surface area (Å²) in [7, 11) is -1.82. The van der Waals surface area contributed by atoms with Crippen LogP contribution in [0.25, 0.3) is 11.1 Å². The number of aryl methyl sites for hydroxylation is 1. The lowest BCUT2D eigenvalue weighted by molar-refractivity contribution is -0.140. The Labute approximate surface area is 263 Å². The smallest absolute Gasteiger partial charge is 0.442 e. The molecular weight excluding hydrogens is 635 g/mol. The lowest BCUT2D eigenvalue weighted by atomic mass is 9.95. The second-order valence-corrected chi connectivity index (χ2v) is 14.4. The molecule has 46 heavy (non-hydrogen) atoms. The van der Waals surface area contributed by atoms with Crippen LogP contribution in [0.5, 0.6) is 0 Å². The number of halogens is 5. The molecule has 0 spiro atoms. The summed E-state index contributed by atoms with van der Waals surface area (Å²) in [6, 6.07) is 5.65. The highest BCUT2D eigenvalue weighted by Gasteiger charge is 2.41. The van der Waals surface area contributed by atoms with Gasteiger partial charge in [-0.15, -0.1) is 4.36 Å². The van der Waals surface area contributed by atoms with Crippen LogP contribution in [0.1, 0.15) is 61.6 Å². The van der Waals surface area contributed by atoms with Gasteiger partial charge in [-0.1, -0.05) is 6.07 Å². The molecule has 250 valence electrons. The van der Waals surface area contributed by atoms with Crippen LogP contribution in [0.2, 0.25) is 0 Å². The molecule has 0 saturated carbocycles. The zero-order valence-corrected chi connectivity index (χ0v) is 27.0. The van der Waals surface area contributed by atoms with Crippen molar-refractivity contribution in [1.29, 1.82) is 0 Å². The first kappa shape index (κ1) is 34.8. The number of aromatic nitrogens is 3. The molecule has 0 radical (unpaired) electrons. The highest BCUT2D eigenvalue weighted by Crippen LogP contribution is 2.42. The van der Waals surface area contributed by atoms with Crippen molar-refractivity contribution in [3.63, 3.8) is 0 Å². The number of pyridine rings is 1. The molecule has 1 aromatic carbocycles. The summed E-state index contributed by atoms with van der Waals surface area (Å²) in [4.78, 5) is 31.5. The van der Waals surface area contributed by atoms with Gasteiger partial charge in [0.2, 0.25) is 5.92 Å². The van der Waals surface area contributed by atoms with Crippen LogP contribution in [0.4, 0.5) is 38.3 Å². The van der Waals surface area contributed by atoms with E-state index in [0.29, 0.717) is 0 Å². The van der Waals surface area contributed by atoms with Gasteiger partial charge in [-0.25, -0.2) is 22.8 Å². The molecule has 1 saturated heterocycles. The number of carbonyl (C=O) groups is 2. The fraction of sp³-hybridized carbons (Fsp3) is 0.467. The molecule has 0 bridgehead atoms. The third-order valence-electron chi connectivity index (χ3n) is 7.11. The first-order valence-corrected chi connectivity index (χ1v) is 16.2. The van der Waals surface area contributed by atoms with Crippen molar-refractivity contribution in [2.75, 3.05) is 29.6 Å². The molecule has 4 rings (SSSR count). The number of hydrogen-bond donors (Lipinski definition) is 1. The zero-order valence-electron chi connectivity index (χ0n) is 26.2. The monoisotopic (exact) mass is 670 g/mol. The summed E-state index contributed by atoms with van der Waals surface area (Å²) in [5.74, 6) is -4.28. The Morgan fingerprint density at radius 2 is 1.83 bits per heavy atom. The van der Waals surface area contributed by atoms with Crippen molar-refractivity contribution in [3.05, 3.63) is 53.5 Å². The average molecular weight is 671 g/mol. The third kappa shape index (κ3) is 8.19. The quantitative estimate of drug-likeness (QED) is 0.288. The summed E-state index contributed by atoms with van der Waals surface area (Å²) < 4.78 is 95.5. The minimum absolute atomic E-state index is 0.0332. The van der Waals surface area contributed by atoms with Gasteiger partial charge in [0.1, 0.15) is 11.4 Å². The fourth-order valence-electron chi connectivity index (χ4n) is 5.05. The van der Waals surface area contributed by atoms with Crippen LogP contribution in [-0.2, 0) is 27.7 Å². The number of anilines is 2. The molecule has 10 nitrogen and oxygen atoms in total. The largest absolute Gasteiger partial charge is 0.442 e. The minimum atomic E-state index is -4.96. The lowest BCUT2D eigenvalue weighted by Crippen LogP contribution is -2.31. The number of carbonyl (C=O) groups excluding carboxylic acids is 2. The van der Waals surface area contributed by atoms with Crippen LogP contribution in [-0.4, -0.2) is 61.8 Å². The molecule has 16 heteroatoms. The lowest BCUT2D eigenvalue weighted by Gasteiger charge is -2.27. The summed E-state index contributed by atoms with van der Waals surface area (Å²) in [6.45, 7) is 5.82. The summed E-state index contributed by atoms with van der Waals surface area (Å²) in [5.41, 5.74) is -2.73. The number of hydrogen-bond acceptors (Lipinski definition) is 7. The van der Waals surface area contributed by atoms with E-state index in [0.717, 1.165) is 0 Å². The average Bonchev–Trinajstić information content (AvgIpc) is 3.24. The van der Waals surface area contributed by atoms with Crippen LogP contribution in [0.15, 0.2) is 45.9 Å². The fourth-order valence-corrected chi connectivity index (χ4v) is 6.16. The van der Waals surface area contributed by atoms with Crippen molar-refractivity contribution >= 4 is 33.2 Å². The maximum Gasteiger partial charge on any atom is 0.442 e. The van der Waals surface area contributed by atoms with E-state index < -0.39 is 58.0 Å². The SMILES string of the molecule is Cc1c(C(=O)Nc2cccc([S@@](C)(=O)=NC(=O)OC(C)(C)C)c2)c(N2CCCC(F)(F)CC2)nc(C(F)(F)F)c1-c1cnn(C)c1. The van der Waals surface area contributed by atoms with Gasteiger partial charge < -0.3 is 15.0 Å². The zero-order chi connectivity index (χ0) is 34.2. The summed E-state index contributed by atoms with van der Waals surface area (Å²) >= 11 is 0. The van der Waals surface area contributed by atoms with E-state index in [1.165, 1.54) is 66.5 Å². The van der Waals surface area contributed by atoms with Crippen molar-refractivity contribution in [2.24, 2.45) is 11.4 Å².